The Morgan fingerprint density at radius 2 is 2.18 bits per heavy atom. The molecule has 3 heteroatoms. The van der Waals surface area contributed by atoms with Gasteiger partial charge in [0.15, 0.2) is 0 Å². The molecule has 1 nitrogen and oxygen atoms in total. The van der Waals surface area contributed by atoms with Crippen molar-refractivity contribution in [3.05, 3.63) is 29.6 Å². The van der Waals surface area contributed by atoms with Crippen molar-refractivity contribution in [2.24, 2.45) is 0 Å². The first-order chi connectivity index (χ1) is 8.27. The van der Waals surface area contributed by atoms with E-state index in [9.17, 15) is 4.39 Å². The number of unbranched alkanes of at least 4 members (excludes halogenated alkanes) is 1. The van der Waals surface area contributed by atoms with Crippen molar-refractivity contribution in [1.29, 1.82) is 0 Å². The number of hydrogen-bond donors (Lipinski definition) is 0. The van der Waals surface area contributed by atoms with Crippen LogP contribution >= 0.6 is 11.6 Å². The molecule has 1 aliphatic rings. The highest BCUT2D eigenvalue weighted by atomic mass is 35.5. The van der Waals surface area contributed by atoms with Crippen LogP contribution < -0.4 is 4.90 Å². The molecule has 94 valence electrons. The monoisotopic (exact) mass is 255 g/mol. The zero-order chi connectivity index (χ0) is 12.3. The normalized spacial score (nSPS) is 15.0. The molecule has 1 aromatic carbocycles. The van der Waals surface area contributed by atoms with Crippen molar-refractivity contribution in [1.82, 2.24) is 0 Å². The lowest BCUT2D eigenvalue weighted by molar-refractivity contribution is 0.608. The summed E-state index contributed by atoms with van der Waals surface area (Å²) in [5.74, 6) is 0.244. The summed E-state index contributed by atoms with van der Waals surface area (Å²) in [6, 6.07) is 5.72. The zero-order valence-corrected chi connectivity index (χ0v) is 11.0. The molecule has 1 aliphatic carbocycles. The predicted octanol–water partition coefficient (Wildman–Crippen LogP) is 4.33. The number of para-hydroxylation sites is 1. The average molecular weight is 256 g/mol. The van der Waals surface area contributed by atoms with Gasteiger partial charge in [-0.25, -0.2) is 4.39 Å². The van der Waals surface area contributed by atoms with Gasteiger partial charge in [0.1, 0.15) is 5.82 Å². The molecule has 1 saturated carbocycles. The molecule has 0 bridgehead atoms. The topological polar surface area (TPSA) is 3.24 Å². The molecular weight excluding hydrogens is 237 g/mol. The lowest BCUT2D eigenvalue weighted by Crippen LogP contribution is -2.28. The van der Waals surface area contributed by atoms with E-state index in [1.54, 1.807) is 6.07 Å². The Morgan fingerprint density at radius 3 is 2.76 bits per heavy atom. The highest BCUT2D eigenvalue weighted by molar-refractivity contribution is 6.17. The maximum atomic E-state index is 14.0. The number of rotatable bonds is 6. The smallest absolute Gasteiger partial charge is 0.146 e. The molecule has 1 fully saturated rings. The maximum Gasteiger partial charge on any atom is 0.146 e. The summed E-state index contributed by atoms with van der Waals surface area (Å²) >= 11 is 5.91. The fraction of sp³-hybridized carbons (Fsp3) is 0.571. The third-order valence-electron chi connectivity index (χ3n) is 3.24. The maximum absolute atomic E-state index is 14.0. The molecule has 0 atom stereocenters. The Kier molecular flexibility index (Phi) is 4.27. The Balaban J connectivity index is 2.27. The number of nitrogens with zero attached hydrogens (tertiary/aromatic N) is 1. The molecule has 0 aliphatic heterocycles. The zero-order valence-electron chi connectivity index (χ0n) is 10.3. The average Bonchev–Trinajstić information content (AvgIpc) is 3.15. The van der Waals surface area contributed by atoms with Gasteiger partial charge in [-0.1, -0.05) is 25.5 Å². The van der Waals surface area contributed by atoms with E-state index in [1.165, 1.54) is 18.9 Å². The highest BCUT2D eigenvalue weighted by Gasteiger charge is 2.31. The van der Waals surface area contributed by atoms with E-state index < -0.39 is 0 Å². The van der Waals surface area contributed by atoms with Gasteiger partial charge in [0, 0.05) is 18.5 Å². The summed E-state index contributed by atoms with van der Waals surface area (Å²) < 4.78 is 14.0. The third-order valence-corrected chi connectivity index (χ3v) is 3.53. The van der Waals surface area contributed by atoms with Crippen LogP contribution in [-0.4, -0.2) is 12.6 Å². The summed E-state index contributed by atoms with van der Waals surface area (Å²) in [5, 5.41) is 0. The Hall–Kier alpha value is -0.760. The molecule has 0 heterocycles. The van der Waals surface area contributed by atoms with Gasteiger partial charge in [-0.15, -0.1) is 11.6 Å². The van der Waals surface area contributed by atoms with Gasteiger partial charge >= 0.3 is 0 Å². The molecule has 0 spiro atoms. The quantitative estimate of drug-likeness (QED) is 0.684. The number of alkyl halides is 1. The molecule has 0 saturated heterocycles. The van der Waals surface area contributed by atoms with E-state index in [0.717, 1.165) is 30.6 Å². The molecule has 0 N–H and O–H groups in total. The molecular formula is C14H19ClFN. The van der Waals surface area contributed by atoms with Crippen molar-refractivity contribution in [2.75, 3.05) is 11.4 Å². The van der Waals surface area contributed by atoms with Crippen molar-refractivity contribution in [3.8, 4) is 0 Å². The molecule has 1 aromatic rings. The second kappa shape index (κ2) is 5.72. The van der Waals surface area contributed by atoms with Crippen LogP contribution in [0.25, 0.3) is 0 Å². The van der Waals surface area contributed by atoms with E-state index in [4.69, 9.17) is 11.6 Å². The van der Waals surface area contributed by atoms with Crippen molar-refractivity contribution in [2.45, 2.75) is 44.5 Å². The van der Waals surface area contributed by atoms with E-state index in [0.29, 0.717) is 11.9 Å². The van der Waals surface area contributed by atoms with Crippen LogP contribution in [0.15, 0.2) is 18.2 Å². The number of anilines is 1. The van der Waals surface area contributed by atoms with Gasteiger partial charge in [0.2, 0.25) is 0 Å². The lowest BCUT2D eigenvalue weighted by Gasteiger charge is -2.27. The SMILES string of the molecule is CCCCN(c1c(F)cccc1CCl)C1CC1. The second-order valence-corrected chi connectivity index (χ2v) is 4.93. The molecule has 17 heavy (non-hydrogen) atoms. The number of hydrogen-bond acceptors (Lipinski definition) is 1. The minimum atomic E-state index is -0.133. The highest BCUT2D eigenvalue weighted by Crippen LogP contribution is 2.36. The first-order valence-corrected chi connectivity index (χ1v) is 6.91. The van der Waals surface area contributed by atoms with Gasteiger partial charge in [-0.3, -0.25) is 0 Å². The van der Waals surface area contributed by atoms with Crippen LogP contribution in [0.2, 0.25) is 0 Å². The summed E-state index contributed by atoms with van der Waals surface area (Å²) in [6.07, 6.45) is 4.60. The molecule has 0 aromatic heterocycles. The van der Waals surface area contributed by atoms with Crippen LogP contribution in [0, 0.1) is 5.82 Å². The first-order valence-electron chi connectivity index (χ1n) is 6.38. The minimum absolute atomic E-state index is 0.133. The Bertz CT molecular complexity index is 376. The fourth-order valence-electron chi connectivity index (χ4n) is 2.18. The summed E-state index contributed by atoms with van der Waals surface area (Å²) in [4.78, 5) is 2.22. The summed E-state index contributed by atoms with van der Waals surface area (Å²) in [7, 11) is 0. The van der Waals surface area contributed by atoms with Gasteiger partial charge in [-0.05, 0) is 30.9 Å². The van der Waals surface area contributed by atoms with E-state index in [-0.39, 0.29) is 5.82 Å². The lowest BCUT2D eigenvalue weighted by atomic mass is 10.1. The van der Waals surface area contributed by atoms with Crippen molar-refractivity contribution >= 4 is 17.3 Å². The van der Waals surface area contributed by atoms with Crippen LogP contribution in [-0.2, 0) is 5.88 Å². The first kappa shape index (κ1) is 12.7. The largest absolute Gasteiger partial charge is 0.366 e. The van der Waals surface area contributed by atoms with Crippen molar-refractivity contribution in [3.63, 3.8) is 0 Å². The number of halogens is 2. The fourth-order valence-corrected chi connectivity index (χ4v) is 2.40. The van der Waals surface area contributed by atoms with Gasteiger partial charge in [-0.2, -0.15) is 0 Å². The van der Waals surface area contributed by atoms with Crippen molar-refractivity contribution < 1.29 is 4.39 Å². The molecule has 0 amide bonds. The Morgan fingerprint density at radius 1 is 1.41 bits per heavy atom. The van der Waals surface area contributed by atoms with Crippen LogP contribution in [0.1, 0.15) is 38.2 Å². The van der Waals surface area contributed by atoms with Crippen LogP contribution in [0.5, 0.6) is 0 Å². The summed E-state index contributed by atoms with van der Waals surface area (Å²) in [5.41, 5.74) is 1.65. The van der Waals surface area contributed by atoms with Crippen LogP contribution in [0.3, 0.4) is 0 Å². The number of benzene rings is 1. The molecule has 0 unspecified atom stereocenters. The van der Waals surface area contributed by atoms with Gasteiger partial charge in [0.05, 0.1) is 5.69 Å². The molecule has 0 radical (unpaired) electrons. The Labute approximate surface area is 108 Å². The third kappa shape index (κ3) is 2.92. The van der Waals surface area contributed by atoms with E-state index in [1.807, 2.05) is 6.07 Å². The summed E-state index contributed by atoms with van der Waals surface area (Å²) in [6.45, 7) is 3.10. The standard InChI is InChI=1S/C14H19ClFN/c1-2-3-9-17(12-7-8-12)14-11(10-15)5-4-6-13(14)16/h4-6,12H,2-3,7-10H2,1H3. The van der Waals surface area contributed by atoms with Gasteiger partial charge in [0.25, 0.3) is 0 Å². The van der Waals surface area contributed by atoms with E-state index in [2.05, 4.69) is 11.8 Å². The van der Waals surface area contributed by atoms with Gasteiger partial charge < -0.3 is 4.90 Å². The predicted molar refractivity (Wildman–Crippen MR) is 71.2 cm³/mol. The van der Waals surface area contributed by atoms with Crippen LogP contribution in [0.4, 0.5) is 10.1 Å². The molecule has 2 rings (SSSR count). The second-order valence-electron chi connectivity index (χ2n) is 4.66. The minimum Gasteiger partial charge on any atom is -0.366 e. The van der Waals surface area contributed by atoms with E-state index >= 15 is 0 Å².